The fraction of sp³-hybridized carbons (Fsp3) is 0.667. The SMILES string of the molecule is C=C(C(=O)[C@H](COC(C)=O)[C@H](O)C1(C)O[C@@H]1[C@@H](C)/C=C\C)C(O)CC(=O)CC. The standard InChI is InChI=1S/C21H32O7/c1-7-9-12(3)20-21(6,28-20)19(26)16(11-27-14(5)22)18(25)13(4)17(24)10-15(23)8-2/h7,9,12,16-17,19-20,24,26H,4,8,10-11H2,1-3,5-6H3/b9-7-/t12-,16-,17?,19-,20+,21?/m0/s1. The number of carbonyl (C=O) groups excluding carboxylic acids is 3. The summed E-state index contributed by atoms with van der Waals surface area (Å²) in [6, 6.07) is 0. The van der Waals surface area contributed by atoms with Gasteiger partial charge in [0.05, 0.1) is 24.2 Å². The van der Waals surface area contributed by atoms with Crippen LogP contribution in [0.1, 0.15) is 47.5 Å². The molecule has 2 unspecified atom stereocenters. The Kier molecular flexibility index (Phi) is 8.73. The number of carbonyl (C=O) groups is 3. The van der Waals surface area contributed by atoms with Gasteiger partial charge in [0.15, 0.2) is 5.78 Å². The largest absolute Gasteiger partial charge is 0.465 e. The highest BCUT2D eigenvalue weighted by molar-refractivity contribution is 5.99. The number of hydrogen-bond donors (Lipinski definition) is 2. The number of esters is 1. The molecule has 0 aromatic carbocycles. The first-order valence-corrected chi connectivity index (χ1v) is 9.54. The Morgan fingerprint density at radius 2 is 1.93 bits per heavy atom. The van der Waals surface area contributed by atoms with Crippen LogP contribution < -0.4 is 0 Å². The third kappa shape index (κ3) is 5.83. The predicted molar refractivity (Wildman–Crippen MR) is 103 cm³/mol. The Balaban J connectivity index is 2.99. The van der Waals surface area contributed by atoms with Crippen molar-refractivity contribution in [1.29, 1.82) is 0 Å². The van der Waals surface area contributed by atoms with Crippen LogP contribution in [0.2, 0.25) is 0 Å². The molecule has 158 valence electrons. The minimum Gasteiger partial charge on any atom is -0.465 e. The first-order valence-electron chi connectivity index (χ1n) is 9.54. The van der Waals surface area contributed by atoms with Gasteiger partial charge in [-0.05, 0) is 13.8 Å². The van der Waals surface area contributed by atoms with E-state index >= 15 is 0 Å². The van der Waals surface area contributed by atoms with Crippen LogP contribution in [0.5, 0.6) is 0 Å². The van der Waals surface area contributed by atoms with Gasteiger partial charge in [-0.3, -0.25) is 14.4 Å². The summed E-state index contributed by atoms with van der Waals surface area (Å²) in [6.45, 7) is 11.6. The Labute approximate surface area is 166 Å². The summed E-state index contributed by atoms with van der Waals surface area (Å²) >= 11 is 0. The monoisotopic (exact) mass is 396 g/mol. The molecule has 6 atom stereocenters. The zero-order valence-electron chi connectivity index (χ0n) is 17.3. The Bertz CT molecular complexity index is 639. The van der Waals surface area contributed by atoms with Crippen molar-refractivity contribution in [1.82, 2.24) is 0 Å². The average molecular weight is 396 g/mol. The number of rotatable bonds is 12. The molecule has 1 aliphatic heterocycles. The lowest BCUT2D eigenvalue weighted by molar-refractivity contribution is -0.146. The molecule has 0 aromatic rings. The molecule has 28 heavy (non-hydrogen) atoms. The van der Waals surface area contributed by atoms with Gasteiger partial charge in [-0.1, -0.05) is 32.6 Å². The van der Waals surface area contributed by atoms with Gasteiger partial charge < -0.3 is 19.7 Å². The van der Waals surface area contributed by atoms with Gasteiger partial charge in [0.25, 0.3) is 0 Å². The molecule has 0 aliphatic carbocycles. The second-order valence-corrected chi connectivity index (χ2v) is 7.46. The number of Topliss-reactive ketones (excluding diaryl/α,β-unsaturated/α-hetero) is 2. The van der Waals surface area contributed by atoms with Gasteiger partial charge in [0, 0.05) is 31.3 Å². The van der Waals surface area contributed by atoms with Crippen LogP contribution in [0.25, 0.3) is 0 Å². The number of ether oxygens (including phenoxy) is 2. The zero-order chi connectivity index (χ0) is 21.6. The van der Waals surface area contributed by atoms with Gasteiger partial charge in [-0.2, -0.15) is 0 Å². The lowest BCUT2D eigenvalue weighted by Crippen LogP contribution is -2.44. The molecule has 0 radical (unpaired) electrons. The highest BCUT2D eigenvalue weighted by atomic mass is 16.6. The zero-order valence-corrected chi connectivity index (χ0v) is 17.3. The lowest BCUT2D eigenvalue weighted by atomic mass is 9.81. The van der Waals surface area contributed by atoms with Gasteiger partial charge in [-0.15, -0.1) is 0 Å². The number of aliphatic hydroxyl groups excluding tert-OH is 2. The molecule has 0 amide bonds. The minimum atomic E-state index is -1.35. The van der Waals surface area contributed by atoms with E-state index in [2.05, 4.69) is 6.58 Å². The molecular formula is C21H32O7. The van der Waals surface area contributed by atoms with E-state index in [0.29, 0.717) is 0 Å². The molecule has 0 saturated carbocycles. The van der Waals surface area contributed by atoms with Crippen LogP contribution in [-0.2, 0) is 23.9 Å². The van der Waals surface area contributed by atoms with Crippen LogP contribution in [0.3, 0.4) is 0 Å². The number of epoxide rings is 1. The van der Waals surface area contributed by atoms with E-state index in [1.165, 1.54) is 6.92 Å². The summed E-state index contributed by atoms with van der Waals surface area (Å²) in [5, 5.41) is 21.0. The van der Waals surface area contributed by atoms with Crippen LogP contribution >= 0.6 is 0 Å². The number of ketones is 2. The fourth-order valence-corrected chi connectivity index (χ4v) is 3.31. The molecule has 7 heteroatoms. The van der Waals surface area contributed by atoms with Crippen molar-refractivity contribution in [3.8, 4) is 0 Å². The summed E-state index contributed by atoms with van der Waals surface area (Å²) in [5.74, 6) is -2.60. The molecule has 7 nitrogen and oxygen atoms in total. The van der Waals surface area contributed by atoms with E-state index in [1.54, 1.807) is 13.8 Å². The van der Waals surface area contributed by atoms with Crippen molar-refractivity contribution in [2.24, 2.45) is 11.8 Å². The molecule has 0 spiro atoms. The van der Waals surface area contributed by atoms with E-state index in [1.807, 2.05) is 26.0 Å². The number of aliphatic hydroxyl groups is 2. The quantitative estimate of drug-likeness (QED) is 0.224. The molecule has 0 bridgehead atoms. The first kappa shape index (κ1) is 24.2. The van der Waals surface area contributed by atoms with E-state index in [9.17, 15) is 24.6 Å². The third-order valence-electron chi connectivity index (χ3n) is 5.17. The van der Waals surface area contributed by atoms with E-state index < -0.39 is 35.5 Å². The Morgan fingerprint density at radius 1 is 1.32 bits per heavy atom. The predicted octanol–water partition coefficient (Wildman–Crippen LogP) is 1.75. The molecule has 2 N–H and O–H groups in total. The van der Waals surface area contributed by atoms with Crippen molar-refractivity contribution >= 4 is 17.5 Å². The molecule has 1 aliphatic rings. The summed E-state index contributed by atoms with van der Waals surface area (Å²) in [5.41, 5.74) is -1.19. The second kappa shape index (κ2) is 10.1. The molecule has 1 fully saturated rings. The molecular weight excluding hydrogens is 364 g/mol. The summed E-state index contributed by atoms with van der Waals surface area (Å²) in [4.78, 5) is 35.7. The van der Waals surface area contributed by atoms with Crippen molar-refractivity contribution in [3.05, 3.63) is 24.3 Å². The van der Waals surface area contributed by atoms with Crippen molar-refractivity contribution in [2.75, 3.05) is 6.61 Å². The highest BCUT2D eigenvalue weighted by Crippen LogP contribution is 2.46. The summed E-state index contributed by atoms with van der Waals surface area (Å²) in [6.07, 6.45) is 0.890. The average Bonchev–Trinajstić information content (AvgIpc) is 3.33. The summed E-state index contributed by atoms with van der Waals surface area (Å²) < 4.78 is 10.7. The second-order valence-electron chi connectivity index (χ2n) is 7.46. The van der Waals surface area contributed by atoms with E-state index in [0.717, 1.165) is 0 Å². The van der Waals surface area contributed by atoms with Crippen LogP contribution in [0.15, 0.2) is 24.3 Å². The fourth-order valence-electron chi connectivity index (χ4n) is 3.31. The molecule has 1 heterocycles. The third-order valence-corrected chi connectivity index (χ3v) is 5.17. The van der Waals surface area contributed by atoms with E-state index in [4.69, 9.17) is 9.47 Å². The topological polar surface area (TPSA) is 113 Å². The van der Waals surface area contributed by atoms with E-state index in [-0.39, 0.29) is 42.8 Å². The molecule has 1 saturated heterocycles. The lowest BCUT2D eigenvalue weighted by Gasteiger charge is -2.27. The first-order chi connectivity index (χ1) is 13.0. The smallest absolute Gasteiger partial charge is 0.302 e. The highest BCUT2D eigenvalue weighted by Gasteiger charge is 2.61. The maximum atomic E-state index is 12.9. The van der Waals surface area contributed by atoms with Crippen LogP contribution in [0.4, 0.5) is 0 Å². The Hall–Kier alpha value is -1.83. The number of allylic oxidation sites excluding steroid dienone is 1. The molecule has 1 rings (SSSR count). The maximum absolute atomic E-state index is 12.9. The van der Waals surface area contributed by atoms with Crippen LogP contribution in [-0.4, -0.2) is 58.3 Å². The molecule has 0 aromatic heterocycles. The normalized spacial score (nSPS) is 25.6. The minimum absolute atomic E-state index is 0.0186. The van der Waals surface area contributed by atoms with Gasteiger partial charge in [-0.25, -0.2) is 0 Å². The maximum Gasteiger partial charge on any atom is 0.302 e. The van der Waals surface area contributed by atoms with Crippen LogP contribution in [0, 0.1) is 11.8 Å². The summed E-state index contributed by atoms with van der Waals surface area (Å²) in [7, 11) is 0. The van der Waals surface area contributed by atoms with Crippen molar-refractivity contribution in [3.63, 3.8) is 0 Å². The van der Waals surface area contributed by atoms with Crippen molar-refractivity contribution < 1.29 is 34.1 Å². The number of hydrogen-bond acceptors (Lipinski definition) is 7. The van der Waals surface area contributed by atoms with Gasteiger partial charge in [0.1, 0.15) is 18.0 Å². The van der Waals surface area contributed by atoms with Gasteiger partial charge >= 0.3 is 5.97 Å². The van der Waals surface area contributed by atoms with Crippen molar-refractivity contribution in [2.45, 2.75) is 71.4 Å². The van der Waals surface area contributed by atoms with Gasteiger partial charge in [0.2, 0.25) is 0 Å². The Morgan fingerprint density at radius 3 is 2.43 bits per heavy atom.